The van der Waals surface area contributed by atoms with E-state index in [0.29, 0.717) is 12.8 Å². The van der Waals surface area contributed by atoms with Gasteiger partial charge in [0.05, 0.1) is 0 Å². The van der Waals surface area contributed by atoms with Crippen LogP contribution >= 0.6 is 11.8 Å². The van der Waals surface area contributed by atoms with Crippen molar-refractivity contribution in [1.82, 2.24) is 0 Å². The van der Waals surface area contributed by atoms with Gasteiger partial charge in [-0.25, -0.2) is 0 Å². The molecule has 0 aliphatic heterocycles. The van der Waals surface area contributed by atoms with Crippen LogP contribution < -0.4 is 0 Å². The van der Waals surface area contributed by atoms with Crippen molar-refractivity contribution in [2.24, 2.45) is 0 Å². The van der Waals surface area contributed by atoms with Gasteiger partial charge in [0.1, 0.15) is 0 Å². The molecule has 3 heteroatoms. The molecule has 0 saturated heterocycles. The Labute approximate surface area is 116 Å². The second-order valence-corrected chi connectivity index (χ2v) is 5.29. The molecule has 2 aromatic rings. The van der Waals surface area contributed by atoms with Crippen molar-refractivity contribution in [3.05, 3.63) is 71.8 Å². The molecular formula is C16H14O2S. The van der Waals surface area contributed by atoms with E-state index in [9.17, 15) is 9.59 Å². The van der Waals surface area contributed by atoms with Crippen LogP contribution in [0.25, 0.3) is 0 Å². The maximum Gasteiger partial charge on any atom is 0.200 e. The highest BCUT2D eigenvalue weighted by Gasteiger charge is 2.11. The van der Waals surface area contributed by atoms with Crippen LogP contribution in [0.15, 0.2) is 60.7 Å². The van der Waals surface area contributed by atoms with Crippen LogP contribution in [0.2, 0.25) is 0 Å². The second-order valence-electron chi connectivity index (χ2n) is 4.17. The molecule has 2 rings (SSSR count). The Balaban J connectivity index is 1.84. The minimum Gasteiger partial charge on any atom is -0.286 e. The molecule has 0 aliphatic rings. The van der Waals surface area contributed by atoms with Crippen molar-refractivity contribution in [2.75, 3.05) is 0 Å². The van der Waals surface area contributed by atoms with Crippen LogP contribution in [0.5, 0.6) is 0 Å². The molecule has 0 atom stereocenters. The van der Waals surface area contributed by atoms with Crippen LogP contribution in [0, 0.1) is 0 Å². The van der Waals surface area contributed by atoms with Crippen molar-refractivity contribution >= 4 is 22.0 Å². The van der Waals surface area contributed by atoms with Crippen molar-refractivity contribution < 1.29 is 9.59 Å². The number of benzene rings is 2. The zero-order chi connectivity index (χ0) is 13.5. The molecule has 0 radical (unpaired) electrons. The highest BCUT2D eigenvalue weighted by molar-refractivity contribution is 8.26. The Morgan fingerprint density at radius 3 is 1.42 bits per heavy atom. The summed E-state index contributed by atoms with van der Waals surface area (Å²) in [5.74, 6) is 0. The molecule has 0 unspecified atom stereocenters. The van der Waals surface area contributed by atoms with Crippen molar-refractivity contribution in [3.8, 4) is 0 Å². The molecule has 96 valence electrons. The second kappa shape index (κ2) is 6.90. The predicted molar refractivity (Wildman–Crippen MR) is 77.9 cm³/mol. The van der Waals surface area contributed by atoms with Crippen LogP contribution in [-0.4, -0.2) is 10.2 Å². The fourth-order valence-electron chi connectivity index (χ4n) is 1.72. The topological polar surface area (TPSA) is 34.1 Å². The number of rotatable bonds is 4. The van der Waals surface area contributed by atoms with Gasteiger partial charge in [0.25, 0.3) is 0 Å². The van der Waals surface area contributed by atoms with E-state index in [1.54, 1.807) is 0 Å². The summed E-state index contributed by atoms with van der Waals surface area (Å²) < 4.78 is 0. The SMILES string of the molecule is O=C(Cc1ccccc1)SC(=O)Cc1ccccc1. The van der Waals surface area contributed by atoms with Gasteiger partial charge in [-0.15, -0.1) is 0 Å². The summed E-state index contributed by atoms with van der Waals surface area (Å²) in [4.78, 5) is 23.5. The smallest absolute Gasteiger partial charge is 0.200 e. The molecule has 0 aromatic heterocycles. The van der Waals surface area contributed by atoms with Gasteiger partial charge in [-0.2, -0.15) is 0 Å². The Morgan fingerprint density at radius 1 is 0.684 bits per heavy atom. The number of carbonyl (C=O) groups excluding carboxylic acids is 2. The first-order chi connectivity index (χ1) is 9.24. The summed E-state index contributed by atoms with van der Waals surface area (Å²) >= 11 is 0.811. The zero-order valence-electron chi connectivity index (χ0n) is 10.4. The van der Waals surface area contributed by atoms with E-state index in [1.807, 2.05) is 60.7 Å². The summed E-state index contributed by atoms with van der Waals surface area (Å²) in [7, 11) is 0. The minimum absolute atomic E-state index is 0.105. The summed E-state index contributed by atoms with van der Waals surface area (Å²) in [5, 5.41) is -0.209. The number of carbonyl (C=O) groups is 2. The van der Waals surface area contributed by atoms with E-state index in [4.69, 9.17) is 0 Å². The first kappa shape index (κ1) is 13.6. The normalized spacial score (nSPS) is 10.1. The van der Waals surface area contributed by atoms with Crippen LogP contribution in [0.3, 0.4) is 0 Å². The molecule has 0 saturated carbocycles. The molecule has 2 aromatic carbocycles. The van der Waals surface area contributed by atoms with E-state index < -0.39 is 0 Å². The molecule has 0 bridgehead atoms. The highest BCUT2D eigenvalue weighted by atomic mass is 32.2. The van der Waals surface area contributed by atoms with Gasteiger partial charge in [0.15, 0.2) is 0 Å². The van der Waals surface area contributed by atoms with E-state index in [0.717, 1.165) is 22.9 Å². The van der Waals surface area contributed by atoms with E-state index >= 15 is 0 Å². The average Bonchev–Trinajstić information content (AvgIpc) is 2.40. The number of hydrogen-bond acceptors (Lipinski definition) is 3. The Bertz CT molecular complexity index is 498. The van der Waals surface area contributed by atoms with Crippen LogP contribution in [0.4, 0.5) is 0 Å². The Kier molecular flexibility index (Phi) is 4.93. The average molecular weight is 270 g/mol. The lowest BCUT2D eigenvalue weighted by molar-refractivity contribution is -0.112. The molecule has 0 amide bonds. The first-order valence-corrected chi connectivity index (χ1v) is 6.87. The summed E-state index contributed by atoms with van der Waals surface area (Å²) in [6, 6.07) is 18.9. The first-order valence-electron chi connectivity index (χ1n) is 6.05. The maximum atomic E-state index is 11.8. The third kappa shape index (κ3) is 4.72. The molecule has 0 aliphatic carbocycles. The quantitative estimate of drug-likeness (QED) is 0.855. The summed E-state index contributed by atoms with van der Waals surface area (Å²) in [6.45, 7) is 0. The molecule has 0 fully saturated rings. The molecule has 0 heterocycles. The summed E-state index contributed by atoms with van der Waals surface area (Å²) in [6.07, 6.45) is 0.595. The van der Waals surface area contributed by atoms with Crippen LogP contribution in [-0.2, 0) is 22.4 Å². The molecule has 19 heavy (non-hydrogen) atoms. The van der Waals surface area contributed by atoms with Crippen molar-refractivity contribution in [1.29, 1.82) is 0 Å². The molecular weight excluding hydrogens is 256 g/mol. The van der Waals surface area contributed by atoms with Crippen LogP contribution in [0.1, 0.15) is 11.1 Å². The Morgan fingerprint density at radius 2 is 1.05 bits per heavy atom. The van der Waals surface area contributed by atoms with Gasteiger partial charge in [0.2, 0.25) is 10.2 Å². The van der Waals surface area contributed by atoms with Crippen molar-refractivity contribution in [3.63, 3.8) is 0 Å². The number of hydrogen-bond donors (Lipinski definition) is 0. The lowest BCUT2D eigenvalue weighted by atomic mass is 10.2. The minimum atomic E-state index is -0.105. The monoisotopic (exact) mass is 270 g/mol. The molecule has 0 spiro atoms. The predicted octanol–water partition coefficient (Wildman–Crippen LogP) is 3.26. The van der Waals surface area contributed by atoms with Crippen molar-refractivity contribution in [2.45, 2.75) is 12.8 Å². The fourth-order valence-corrected chi connectivity index (χ4v) is 2.46. The fraction of sp³-hybridized carbons (Fsp3) is 0.125. The maximum absolute atomic E-state index is 11.8. The van der Waals surface area contributed by atoms with Gasteiger partial charge < -0.3 is 0 Å². The molecule has 0 N–H and O–H groups in total. The van der Waals surface area contributed by atoms with E-state index in [2.05, 4.69) is 0 Å². The molecule has 2 nitrogen and oxygen atoms in total. The highest BCUT2D eigenvalue weighted by Crippen LogP contribution is 2.13. The van der Waals surface area contributed by atoms with E-state index in [1.165, 1.54) is 0 Å². The number of thioether (sulfide) groups is 1. The van der Waals surface area contributed by atoms with Gasteiger partial charge in [-0.3, -0.25) is 9.59 Å². The lowest BCUT2D eigenvalue weighted by Crippen LogP contribution is -2.05. The van der Waals surface area contributed by atoms with Gasteiger partial charge in [-0.1, -0.05) is 60.7 Å². The third-order valence-corrected chi connectivity index (χ3v) is 3.35. The van der Waals surface area contributed by atoms with Gasteiger partial charge >= 0.3 is 0 Å². The lowest BCUT2D eigenvalue weighted by Gasteiger charge is -2.01. The zero-order valence-corrected chi connectivity index (χ0v) is 11.2. The third-order valence-electron chi connectivity index (χ3n) is 2.61. The van der Waals surface area contributed by atoms with Gasteiger partial charge in [0, 0.05) is 12.8 Å². The van der Waals surface area contributed by atoms with Gasteiger partial charge in [-0.05, 0) is 22.9 Å². The summed E-state index contributed by atoms with van der Waals surface area (Å²) in [5.41, 5.74) is 1.88. The van der Waals surface area contributed by atoms with E-state index in [-0.39, 0.29) is 10.2 Å². The standard InChI is InChI=1S/C16H14O2S/c17-15(11-13-7-3-1-4-8-13)19-16(18)12-14-9-5-2-6-10-14/h1-10H,11-12H2. The largest absolute Gasteiger partial charge is 0.286 e. The Hall–Kier alpha value is -1.87.